The number of amides is 1. The van der Waals surface area contributed by atoms with Crippen LogP contribution in [0.2, 0.25) is 0 Å². The number of pyridine rings is 1. The van der Waals surface area contributed by atoms with Crippen LogP contribution in [0.3, 0.4) is 0 Å². The van der Waals surface area contributed by atoms with E-state index in [1.807, 2.05) is 26.0 Å². The van der Waals surface area contributed by atoms with Gasteiger partial charge in [0, 0.05) is 12.5 Å². The first-order valence-corrected chi connectivity index (χ1v) is 5.25. The fourth-order valence-electron chi connectivity index (χ4n) is 1.04. The molecule has 0 atom stereocenters. The molecule has 0 aliphatic rings. The second-order valence-electron chi connectivity index (χ2n) is 3.75. The number of hydrogen-bond donors (Lipinski definition) is 2. The Morgan fingerprint density at radius 1 is 1.56 bits per heavy atom. The minimum Gasteiger partial charge on any atom is -0.367 e. The van der Waals surface area contributed by atoms with Gasteiger partial charge in [-0.05, 0) is 12.1 Å². The molecule has 0 bridgehead atoms. The maximum atomic E-state index is 11.4. The highest BCUT2D eigenvalue weighted by Gasteiger charge is 2.06. The minimum absolute atomic E-state index is 0.00593. The Hall–Kier alpha value is -1.84. The van der Waals surface area contributed by atoms with Crippen molar-refractivity contribution in [2.75, 3.05) is 17.2 Å². The molecule has 2 N–H and O–H groups in total. The zero-order chi connectivity index (χ0) is 12.0. The van der Waals surface area contributed by atoms with E-state index in [4.69, 9.17) is 0 Å². The Bertz CT molecular complexity index is 357. The van der Waals surface area contributed by atoms with Crippen molar-refractivity contribution in [3.63, 3.8) is 0 Å². The molecule has 86 valence electrons. The van der Waals surface area contributed by atoms with Crippen LogP contribution in [0.15, 0.2) is 31.0 Å². The highest BCUT2D eigenvalue weighted by molar-refractivity contribution is 5.91. The van der Waals surface area contributed by atoms with Crippen LogP contribution in [0.5, 0.6) is 0 Å². The third-order valence-corrected chi connectivity index (χ3v) is 1.98. The van der Waals surface area contributed by atoms with Crippen LogP contribution >= 0.6 is 0 Å². The minimum atomic E-state index is -0.0291. The summed E-state index contributed by atoms with van der Waals surface area (Å²) in [5, 5.41) is 5.83. The molecular weight excluding hydrogens is 202 g/mol. The highest BCUT2D eigenvalue weighted by Crippen LogP contribution is 2.10. The molecule has 0 saturated carbocycles. The van der Waals surface area contributed by atoms with E-state index in [-0.39, 0.29) is 11.8 Å². The molecule has 1 aromatic rings. The number of hydrogen-bond acceptors (Lipinski definition) is 3. The fraction of sp³-hybridized carbons (Fsp3) is 0.333. The fourth-order valence-corrected chi connectivity index (χ4v) is 1.04. The van der Waals surface area contributed by atoms with Crippen LogP contribution in [0, 0.1) is 5.92 Å². The van der Waals surface area contributed by atoms with E-state index in [1.165, 1.54) is 0 Å². The van der Waals surface area contributed by atoms with Crippen molar-refractivity contribution >= 4 is 17.4 Å². The summed E-state index contributed by atoms with van der Waals surface area (Å²) in [6.07, 6.45) is 3.39. The average Bonchev–Trinajstić information content (AvgIpc) is 2.28. The van der Waals surface area contributed by atoms with Gasteiger partial charge < -0.3 is 10.6 Å². The van der Waals surface area contributed by atoms with Crippen molar-refractivity contribution < 1.29 is 4.79 Å². The van der Waals surface area contributed by atoms with Crippen LogP contribution in [-0.2, 0) is 4.79 Å². The lowest BCUT2D eigenvalue weighted by Gasteiger charge is -2.08. The molecule has 1 aromatic heterocycles. The molecule has 16 heavy (non-hydrogen) atoms. The summed E-state index contributed by atoms with van der Waals surface area (Å²) in [6.45, 7) is 7.98. The maximum absolute atomic E-state index is 11.4. The highest BCUT2D eigenvalue weighted by atomic mass is 16.1. The Labute approximate surface area is 95.8 Å². The summed E-state index contributed by atoms with van der Waals surface area (Å²) in [4.78, 5) is 15.6. The predicted octanol–water partition coefficient (Wildman–Crippen LogP) is 2.27. The van der Waals surface area contributed by atoms with E-state index in [9.17, 15) is 4.79 Å². The summed E-state index contributed by atoms with van der Waals surface area (Å²) in [7, 11) is 0. The first-order chi connectivity index (χ1) is 7.63. The van der Waals surface area contributed by atoms with Gasteiger partial charge in [0.15, 0.2) is 0 Å². The lowest BCUT2D eigenvalue weighted by Crippen LogP contribution is -2.17. The van der Waals surface area contributed by atoms with Gasteiger partial charge in [-0.3, -0.25) is 4.79 Å². The summed E-state index contributed by atoms with van der Waals surface area (Å²) < 4.78 is 0. The number of anilines is 2. The molecule has 0 fully saturated rings. The third-order valence-electron chi connectivity index (χ3n) is 1.98. The van der Waals surface area contributed by atoms with Gasteiger partial charge in [-0.1, -0.05) is 19.9 Å². The molecule has 4 heteroatoms. The van der Waals surface area contributed by atoms with E-state index in [1.54, 1.807) is 12.3 Å². The molecule has 0 aliphatic carbocycles. The summed E-state index contributed by atoms with van der Waals surface area (Å²) >= 11 is 0. The standard InChI is InChI=1S/C12H17N3O/c1-4-7-13-11-6-5-10(8-14-11)15-12(16)9(2)3/h4-6,8-9H,1,7H2,2-3H3,(H,13,14)(H,15,16). The second kappa shape index (κ2) is 5.90. The Morgan fingerprint density at radius 2 is 2.31 bits per heavy atom. The van der Waals surface area contributed by atoms with Gasteiger partial charge in [0.05, 0.1) is 11.9 Å². The second-order valence-corrected chi connectivity index (χ2v) is 3.75. The van der Waals surface area contributed by atoms with Crippen molar-refractivity contribution in [1.29, 1.82) is 0 Å². The molecule has 0 saturated heterocycles. The molecule has 1 rings (SSSR count). The van der Waals surface area contributed by atoms with Gasteiger partial charge >= 0.3 is 0 Å². The molecule has 1 amide bonds. The first-order valence-electron chi connectivity index (χ1n) is 5.25. The van der Waals surface area contributed by atoms with E-state index in [2.05, 4.69) is 22.2 Å². The smallest absolute Gasteiger partial charge is 0.226 e. The number of rotatable bonds is 5. The monoisotopic (exact) mass is 219 g/mol. The topological polar surface area (TPSA) is 54.0 Å². The van der Waals surface area contributed by atoms with Crippen molar-refractivity contribution in [2.45, 2.75) is 13.8 Å². The van der Waals surface area contributed by atoms with Gasteiger partial charge in [-0.2, -0.15) is 0 Å². The first kappa shape index (κ1) is 12.2. The summed E-state index contributed by atoms with van der Waals surface area (Å²) in [6, 6.07) is 3.64. The van der Waals surface area contributed by atoms with Crippen molar-refractivity contribution in [3.05, 3.63) is 31.0 Å². The lowest BCUT2D eigenvalue weighted by molar-refractivity contribution is -0.118. The molecule has 1 heterocycles. The normalized spacial score (nSPS) is 9.94. The summed E-state index contributed by atoms with van der Waals surface area (Å²) in [5.41, 5.74) is 0.711. The molecule has 0 aliphatic heterocycles. The van der Waals surface area contributed by atoms with Crippen LogP contribution in [0.25, 0.3) is 0 Å². The van der Waals surface area contributed by atoms with Gasteiger partial charge in [0.2, 0.25) is 5.91 Å². The van der Waals surface area contributed by atoms with E-state index < -0.39 is 0 Å². The van der Waals surface area contributed by atoms with Gasteiger partial charge in [0.25, 0.3) is 0 Å². The van der Waals surface area contributed by atoms with Crippen molar-refractivity contribution in [1.82, 2.24) is 4.98 Å². The van der Waals surface area contributed by atoms with Crippen LogP contribution < -0.4 is 10.6 Å². The van der Waals surface area contributed by atoms with Crippen molar-refractivity contribution in [3.8, 4) is 0 Å². The zero-order valence-electron chi connectivity index (χ0n) is 9.66. The number of aromatic nitrogens is 1. The van der Waals surface area contributed by atoms with E-state index in [0.717, 1.165) is 5.82 Å². The molecule has 0 aromatic carbocycles. The van der Waals surface area contributed by atoms with Gasteiger partial charge in [0.1, 0.15) is 5.82 Å². The Morgan fingerprint density at radius 3 is 2.81 bits per heavy atom. The molecule has 0 radical (unpaired) electrons. The number of nitrogens with zero attached hydrogens (tertiary/aromatic N) is 1. The van der Waals surface area contributed by atoms with Crippen molar-refractivity contribution in [2.24, 2.45) is 5.92 Å². The van der Waals surface area contributed by atoms with Crippen LogP contribution in [0.4, 0.5) is 11.5 Å². The van der Waals surface area contributed by atoms with E-state index in [0.29, 0.717) is 12.2 Å². The predicted molar refractivity (Wildman–Crippen MR) is 66.4 cm³/mol. The SMILES string of the molecule is C=CCNc1ccc(NC(=O)C(C)C)cn1. The lowest BCUT2D eigenvalue weighted by atomic mass is 10.2. The largest absolute Gasteiger partial charge is 0.367 e. The number of carbonyl (C=O) groups excluding carboxylic acids is 1. The quantitative estimate of drug-likeness (QED) is 0.747. The molecule has 0 spiro atoms. The molecule has 0 unspecified atom stereocenters. The average molecular weight is 219 g/mol. The maximum Gasteiger partial charge on any atom is 0.226 e. The molecular formula is C12H17N3O. The van der Waals surface area contributed by atoms with Gasteiger partial charge in [-0.25, -0.2) is 4.98 Å². The number of carbonyl (C=O) groups is 1. The number of nitrogens with one attached hydrogen (secondary N) is 2. The third kappa shape index (κ3) is 3.73. The van der Waals surface area contributed by atoms with Crippen LogP contribution in [0.1, 0.15) is 13.8 Å². The van der Waals surface area contributed by atoms with Gasteiger partial charge in [-0.15, -0.1) is 6.58 Å². The summed E-state index contributed by atoms with van der Waals surface area (Å²) in [5.74, 6) is 0.731. The van der Waals surface area contributed by atoms with E-state index >= 15 is 0 Å². The molecule has 4 nitrogen and oxygen atoms in total. The van der Waals surface area contributed by atoms with Crippen LogP contribution in [-0.4, -0.2) is 17.4 Å². The Kier molecular flexibility index (Phi) is 4.51. The Balaban J connectivity index is 2.57. The zero-order valence-corrected chi connectivity index (χ0v) is 9.66.